The molecule has 56 valence electrons. The van der Waals surface area contributed by atoms with E-state index in [1.165, 1.54) is 19.3 Å². The molecule has 0 heterocycles. The Bertz CT molecular complexity index is 58.1. The zero-order valence-electron chi connectivity index (χ0n) is 5.79. The highest BCUT2D eigenvalue weighted by Crippen LogP contribution is 1.88. The minimum absolute atomic E-state index is 0.889. The van der Waals surface area contributed by atoms with Gasteiger partial charge in [0, 0.05) is 0 Å². The molecule has 1 nitrogen and oxygen atoms in total. The maximum atomic E-state index is 8.98. The molecule has 0 aliphatic heterocycles. The number of hydrogen-bond donors (Lipinski definition) is 0. The van der Waals surface area contributed by atoms with Crippen LogP contribution in [0.15, 0.2) is 0 Å². The summed E-state index contributed by atoms with van der Waals surface area (Å²) in [7, 11) is 0. The standard InChI is InChI=1S/C5H12.CCl2O/c1-3-5-4-2;2-1(3)4/h3-5H2,1-2H3;. The molecule has 9 heavy (non-hydrogen) atoms. The Kier molecular flexibility index (Phi) is 14.8. The van der Waals surface area contributed by atoms with Crippen LogP contribution in [0.4, 0.5) is 4.79 Å². The fraction of sp³-hybridized carbons (Fsp3) is 0.833. The largest absolute Gasteiger partial charge is 0.313 e. The van der Waals surface area contributed by atoms with E-state index in [0.717, 1.165) is 0 Å². The van der Waals surface area contributed by atoms with Crippen molar-refractivity contribution < 1.29 is 4.79 Å². The highest BCUT2D eigenvalue weighted by Gasteiger charge is 1.72. The molecule has 0 rings (SSSR count). The van der Waals surface area contributed by atoms with Gasteiger partial charge in [0.25, 0.3) is 0 Å². The van der Waals surface area contributed by atoms with Crippen molar-refractivity contribution in [1.82, 2.24) is 0 Å². The number of unbranched alkanes of at least 4 members (excludes halogenated alkanes) is 2. The van der Waals surface area contributed by atoms with Crippen LogP contribution < -0.4 is 0 Å². The van der Waals surface area contributed by atoms with Crippen LogP contribution in [0.3, 0.4) is 0 Å². The molecule has 0 fully saturated rings. The number of halogens is 2. The summed E-state index contributed by atoms with van der Waals surface area (Å²) in [5.74, 6) is 0. The first kappa shape index (κ1) is 12.0. The maximum Gasteiger partial charge on any atom is 0.313 e. The molecule has 0 amide bonds. The van der Waals surface area contributed by atoms with Crippen LogP contribution in [0.5, 0.6) is 0 Å². The number of hydrogen-bond acceptors (Lipinski definition) is 1. The Morgan fingerprint density at radius 3 is 1.44 bits per heavy atom. The maximum absolute atomic E-state index is 8.98. The van der Waals surface area contributed by atoms with Crippen molar-refractivity contribution in [1.29, 1.82) is 0 Å². The molecule has 0 aliphatic carbocycles. The molecule has 0 saturated carbocycles. The summed E-state index contributed by atoms with van der Waals surface area (Å²) >= 11 is 8.80. The molecule has 0 N–H and O–H groups in total. The lowest BCUT2D eigenvalue weighted by Crippen LogP contribution is -1.59. The van der Waals surface area contributed by atoms with Crippen LogP contribution in [0.2, 0.25) is 0 Å². The van der Waals surface area contributed by atoms with Gasteiger partial charge in [-0.3, -0.25) is 4.79 Å². The van der Waals surface area contributed by atoms with E-state index in [1.54, 1.807) is 0 Å². The second-order valence-corrected chi connectivity index (χ2v) is 2.46. The van der Waals surface area contributed by atoms with E-state index in [0.29, 0.717) is 0 Å². The Morgan fingerprint density at radius 1 is 1.22 bits per heavy atom. The Hall–Kier alpha value is 0.250. The Balaban J connectivity index is 0. The molecule has 0 aromatic heterocycles. The van der Waals surface area contributed by atoms with Crippen molar-refractivity contribution in [2.45, 2.75) is 33.1 Å². The van der Waals surface area contributed by atoms with E-state index in [4.69, 9.17) is 4.79 Å². The average Bonchev–Trinajstić information content (AvgIpc) is 1.66. The SMILES string of the molecule is CCCCC.O=C(Cl)Cl. The van der Waals surface area contributed by atoms with E-state index >= 15 is 0 Å². The van der Waals surface area contributed by atoms with Gasteiger partial charge in [0.1, 0.15) is 0 Å². The Morgan fingerprint density at radius 2 is 1.44 bits per heavy atom. The van der Waals surface area contributed by atoms with Gasteiger partial charge in [-0.2, -0.15) is 0 Å². The van der Waals surface area contributed by atoms with Gasteiger partial charge in [-0.1, -0.05) is 33.1 Å². The predicted molar refractivity (Wildman–Crippen MR) is 42.3 cm³/mol. The average molecular weight is 171 g/mol. The smallest absolute Gasteiger partial charge is 0.262 e. The van der Waals surface area contributed by atoms with E-state index in [1.807, 2.05) is 0 Å². The van der Waals surface area contributed by atoms with Gasteiger partial charge in [-0.15, -0.1) is 0 Å². The van der Waals surface area contributed by atoms with E-state index in [2.05, 4.69) is 37.0 Å². The molecule has 0 aromatic carbocycles. The molecule has 0 aliphatic rings. The van der Waals surface area contributed by atoms with Gasteiger partial charge >= 0.3 is 4.70 Å². The van der Waals surface area contributed by atoms with Gasteiger partial charge in [0.15, 0.2) is 0 Å². The highest BCUT2D eigenvalue weighted by atomic mass is 35.5. The first-order valence-corrected chi connectivity index (χ1v) is 3.75. The minimum Gasteiger partial charge on any atom is -0.262 e. The molecule has 0 aromatic rings. The summed E-state index contributed by atoms with van der Waals surface area (Å²) in [6, 6.07) is 0. The predicted octanol–water partition coefficient (Wildman–Crippen LogP) is 3.78. The molecular formula is C6H12Cl2O. The van der Waals surface area contributed by atoms with Crippen molar-refractivity contribution in [3.8, 4) is 0 Å². The Labute approximate surface area is 66.3 Å². The van der Waals surface area contributed by atoms with Crippen molar-refractivity contribution in [2.24, 2.45) is 0 Å². The first-order chi connectivity index (χ1) is 4.15. The van der Waals surface area contributed by atoms with E-state index < -0.39 is 4.70 Å². The van der Waals surface area contributed by atoms with Crippen molar-refractivity contribution >= 4 is 27.9 Å². The third kappa shape index (κ3) is 63.7. The quantitative estimate of drug-likeness (QED) is 0.577. The fourth-order valence-electron chi connectivity index (χ4n) is 0.354. The fourth-order valence-corrected chi connectivity index (χ4v) is 0.354. The van der Waals surface area contributed by atoms with Crippen molar-refractivity contribution in [3.05, 3.63) is 0 Å². The zero-order chi connectivity index (χ0) is 7.70. The molecule has 0 radical (unpaired) electrons. The molecule has 3 heteroatoms. The van der Waals surface area contributed by atoms with Crippen LogP contribution in [0.25, 0.3) is 0 Å². The normalized spacial score (nSPS) is 7.56. The van der Waals surface area contributed by atoms with Crippen molar-refractivity contribution in [3.63, 3.8) is 0 Å². The lowest BCUT2D eigenvalue weighted by Gasteiger charge is -1.79. The monoisotopic (exact) mass is 170 g/mol. The summed E-state index contributed by atoms with van der Waals surface area (Å²) in [4.78, 5) is 8.98. The minimum atomic E-state index is -0.889. The number of rotatable bonds is 2. The highest BCUT2D eigenvalue weighted by molar-refractivity contribution is 6.93. The van der Waals surface area contributed by atoms with Crippen LogP contribution >= 0.6 is 23.2 Å². The van der Waals surface area contributed by atoms with E-state index in [9.17, 15) is 0 Å². The second-order valence-electron chi connectivity index (χ2n) is 1.58. The van der Waals surface area contributed by atoms with Gasteiger partial charge < -0.3 is 0 Å². The number of carbonyl (C=O) groups excluding carboxylic acids is 1. The summed E-state index contributed by atoms with van der Waals surface area (Å²) in [6.07, 6.45) is 4.08. The summed E-state index contributed by atoms with van der Waals surface area (Å²) in [5.41, 5.74) is 0. The van der Waals surface area contributed by atoms with Gasteiger partial charge in [0.2, 0.25) is 0 Å². The van der Waals surface area contributed by atoms with Crippen molar-refractivity contribution in [2.75, 3.05) is 0 Å². The van der Waals surface area contributed by atoms with Gasteiger partial charge in [0.05, 0.1) is 0 Å². The van der Waals surface area contributed by atoms with Crippen LogP contribution in [0, 0.1) is 0 Å². The molecule has 0 unspecified atom stereocenters. The zero-order valence-corrected chi connectivity index (χ0v) is 7.30. The van der Waals surface area contributed by atoms with Crippen LogP contribution in [-0.2, 0) is 0 Å². The lowest BCUT2D eigenvalue weighted by atomic mass is 10.3. The molecular weight excluding hydrogens is 159 g/mol. The summed E-state index contributed by atoms with van der Waals surface area (Å²) < 4.78 is -0.889. The molecule has 0 spiro atoms. The third-order valence-corrected chi connectivity index (χ3v) is 0.707. The van der Waals surface area contributed by atoms with Gasteiger partial charge in [-0.25, -0.2) is 0 Å². The molecule has 0 atom stereocenters. The van der Waals surface area contributed by atoms with Crippen LogP contribution in [0.1, 0.15) is 33.1 Å². The topological polar surface area (TPSA) is 17.1 Å². The summed E-state index contributed by atoms with van der Waals surface area (Å²) in [6.45, 7) is 4.42. The van der Waals surface area contributed by atoms with Gasteiger partial charge in [-0.05, 0) is 23.2 Å². The van der Waals surface area contributed by atoms with E-state index in [-0.39, 0.29) is 0 Å². The second kappa shape index (κ2) is 11.1. The van der Waals surface area contributed by atoms with Crippen LogP contribution in [-0.4, -0.2) is 4.70 Å². The first-order valence-electron chi connectivity index (χ1n) is 3.00. The third-order valence-electron chi connectivity index (χ3n) is 0.707. The molecule has 0 saturated heterocycles. The summed E-state index contributed by atoms with van der Waals surface area (Å²) in [5, 5.41) is 0. The molecule has 0 bridgehead atoms. The number of carbonyl (C=O) groups is 1. The lowest BCUT2D eigenvalue weighted by molar-refractivity contribution is 0.275.